The molecule has 1 N–H and O–H groups in total. The smallest absolute Gasteiger partial charge is 0.223 e. The highest BCUT2D eigenvalue weighted by molar-refractivity contribution is 5.28. The van der Waals surface area contributed by atoms with E-state index in [2.05, 4.69) is 15.3 Å². The Hall–Kier alpha value is -1.36. The molecule has 1 unspecified atom stereocenters. The van der Waals surface area contributed by atoms with Gasteiger partial charge in [0.15, 0.2) is 5.75 Å². The Morgan fingerprint density at radius 1 is 1.50 bits per heavy atom. The lowest BCUT2D eigenvalue weighted by Gasteiger charge is -2.09. The van der Waals surface area contributed by atoms with Crippen LogP contribution in [0.15, 0.2) is 12.4 Å². The quantitative estimate of drug-likeness (QED) is 0.768. The highest BCUT2D eigenvalue weighted by atomic mass is 16.5. The lowest BCUT2D eigenvalue weighted by Crippen LogP contribution is -2.20. The zero-order chi connectivity index (χ0) is 9.80. The Balaban J connectivity index is 1.95. The molecule has 1 saturated heterocycles. The number of hydrogen-bond acceptors (Lipinski definition) is 5. The summed E-state index contributed by atoms with van der Waals surface area (Å²) in [6.45, 7) is 1.54. The van der Waals surface area contributed by atoms with Crippen molar-refractivity contribution in [2.24, 2.45) is 0 Å². The van der Waals surface area contributed by atoms with Gasteiger partial charge >= 0.3 is 0 Å². The summed E-state index contributed by atoms with van der Waals surface area (Å²) >= 11 is 0. The molecule has 76 valence electrons. The number of rotatable bonds is 3. The molecule has 0 saturated carbocycles. The van der Waals surface area contributed by atoms with E-state index in [9.17, 15) is 0 Å². The molecule has 2 heterocycles. The molecule has 5 heteroatoms. The van der Waals surface area contributed by atoms with Gasteiger partial charge in [0, 0.05) is 6.61 Å². The lowest BCUT2D eigenvalue weighted by molar-refractivity contribution is 0.195. The molecule has 0 aromatic carbocycles. The first-order chi connectivity index (χ1) is 6.88. The second kappa shape index (κ2) is 4.23. The van der Waals surface area contributed by atoms with Gasteiger partial charge in [-0.3, -0.25) is 0 Å². The molecular formula is C9H13N3O2. The molecule has 0 radical (unpaired) electrons. The predicted octanol–water partition coefficient (Wildman–Crippen LogP) is 0.686. The number of aromatic nitrogens is 2. The summed E-state index contributed by atoms with van der Waals surface area (Å²) in [5.41, 5.74) is 0. The van der Waals surface area contributed by atoms with E-state index in [4.69, 9.17) is 9.47 Å². The summed E-state index contributed by atoms with van der Waals surface area (Å²) in [6.07, 6.45) is 4.30. The summed E-state index contributed by atoms with van der Waals surface area (Å²) in [4.78, 5) is 8.22. The van der Waals surface area contributed by atoms with Gasteiger partial charge in [0.25, 0.3) is 0 Å². The molecule has 1 aromatic rings. The van der Waals surface area contributed by atoms with Gasteiger partial charge < -0.3 is 14.8 Å². The molecule has 1 atom stereocenters. The average Bonchev–Trinajstić information content (AvgIpc) is 2.72. The molecule has 1 aromatic heterocycles. The normalized spacial score (nSPS) is 20.8. The standard InChI is InChI=1S/C9H13N3O2/c1-13-8-4-10-9(11-5-8)12-7-2-3-14-6-7/h4-5,7H,2-3,6H2,1H3,(H,10,11,12). The number of nitrogens with one attached hydrogen (secondary N) is 1. The van der Waals surface area contributed by atoms with Crippen molar-refractivity contribution in [1.82, 2.24) is 9.97 Å². The lowest BCUT2D eigenvalue weighted by atomic mass is 10.3. The van der Waals surface area contributed by atoms with Crippen LogP contribution in [-0.4, -0.2) is 36.3 Å². The third-order valence-corrected chi connectivity index (χ3v) is 2.13. The van der Waals surface area contributed by atoms with E-state index in [1.807, 2.05) is 0 Å². The molecule has 2 rings (SSSR count). The van der Waals surface area contributed by atoms with Crippen LogP contribution in [0.4, 0.5) is 5.95 Å². The van der Waals surface area contributed by atoms with Gasteiger partial charge in [0.1, 0.15) is 0 Å². The Labute approximate surface area is 82.5 Å². The van der Waals surface area contributed by atoms with E-state index in [1.54, 1.807) is 19.5 Å². The Bertz CT molecular complexity index is 283. The largest absolute Gasteiger partial charge is 0.494 e. The third kappa shape index (κ3) is 2.11. The van der Waals surface area contributed by atoms with Crippen LogP contribution in [0.3, 0.4) is 0 Å². The van der Waals surface area contributed by atoms with Crippen LogP contribution in [0.5, 0.6) is 5.75 Å². The van der Waals surface area contributed by atoms with Crippen LogP contribution in [-0.2, 0) is 4.74 Å². The minimum Gasteiger partial charge on any atom is -0.494 e. The van der Waals surface area contributed by atoms with Crippen LogP contribution in [0.2, 0.25) is 0 Å². The Morgan fingerprint density at radius 3 is 2.86 bits per heavy atom. The fourth-order valence-corrected chi connectivity index (χ4v) is 1.33. The van der Waals surface area contributed by atoms with Crippen LogP contribution in [0, 0.1) is 0 Å². The van der Waals surface area contributed by atoms with Crippen molar-refractivity contribution in [3.8, 4) is 5.75 Å². The SMILES string of the molecule is COc1cnc(NC2CCOC2)nc1. The maximum atomic E-state index is 5.23. The monoisotopic (exact) mass is 195 g/mol. The molecule has 1 aliphatic heterocycles. The van der Waals surface area contributed by atoms with Crippen molar-refractivity contribution in [3.05, 3.63) is 12.4 Å². The second-order valence-corrected chi connectivity index (χ2v) is 3.15. The van der Waals surface area contributed by atoms with E-state index in [0.29, 0.717) is 17.7 Å². The van der Waals surface area contributed by atoms with Crippen molar-refractivity contribution in [2.75, 3.05) is 25.6 Å². The van der Waals surface area contributed by atoms with Crippen molar-refractivity contribution in [1.29, 1.82) is 0 Å². The van der Waals surface area contributed by atoms with Crippen LogP contribution >= 0.6 is 0 Å². The highest BCUT2D eigenvalue weighted by Gasteiger charge is 2.15. The molecule has 5 nitrogen and oxygen atoms in total. The number of nitrogens with zero attached hydrogens (tertiary/aromatic N) is 2. The molecule has 0 bridgehead atoms. The molecule has 0 amide bonds. The first kappa shape index (κ1) is 9.21. The topological polar surface area (TPSA) is 56.3 Å². The molecule has 14 heavy (non-hydrogen) atoms. The van der Waals surface area contributed by atoms with Gasteiger partial charge in [-0.25, -0.2) is 9.97 Å². The first-order valence-corrected chi connectivity index (χ1v) is 4.59. The van der Waals surface area contributed by atoms with E-state index < -0.39 is 0 Å². The molecule has 1 fully saturated rings. The number of methoxy groups -OCH3 is 1. The Morgan fingerprint density at radius 2 is 2.29 bits per heavy atom. The van der Waals surface area contributed by atoms with Crippen molar-refractivity contribution < 1.29 is 9.47 Å². The van der Waals surface area contributed by atoms with E-state index in [1.165, 1.54) is 0 Å². The summed E-state index contributed by atoms with van der Waals surface area (Å²) < 4.78 is 10.2. The van der Waals surface area contributed by atoms with Crippen LogP contribution in [0.1, 0.15) is 6.42 Å². The maximum absolute atomic E-state index is 5.23. The van der Waals surface area contributed by atoms with Gasteiger partial charge in [0.2, 0.25) is 5.95 Å². The van der Waals surface area contributed by atoms with Crippen molar-refractivity contribution in [2.45, 2.75) is 12.5 Å². The van der Waals surface area contributed by atoms with Crippen molar-refractivity contribution >= 4 is 5.95 Å². The number of hydrogen-bond donors (Lipinski definition) is 1. The van der Waals surface area contributed by atoms with Gasteiger partial charge in [-0.2, -0.15) is 0 Å². The summed E-state index contributed by atoms with van der Waals surface area (Å²) in [7, 11) is 1.59. The third-order valence-electron chi connectivity index (χ3n) is 2.13. The van der Waals surface area contributed by atoms with E-state index in [-0.39, 0.29) is 0 Å². The minimum absolute atomic E-state index is 0.336. The zero-order valence-electron chi connectivity index (χ0n) is 8.06. The van der Waals surface area contributed by atoms with Gasteiger partial charge in [-0.1, -0.05) is 0 Å². The number of anilines is 1. The number of ether oxygens (including phenoxy) is 2. The zero-order valence-corrected chi connectivity index (χ0v) is 8.06. The van der Waals surface area contributed by atoms with Gasteiger partial charge in [-0.15, -0.1) is 0 Å². The maximum Gasteiger partial charge on any atom is 0.223 e. The summed E-state index contributed by atoms with van der Waals surface area (Å²) in [6, 6.07) is 0.336. The fourth-order valence-electron chi connectivity index (χ4n) is 1.33. The first-order valence-electron chi connectivity index (χ1n) is 4.59. The predicted molar refractivity (Wildman–Crippen MR) is 51.4 cm³/mol. The molecule has 0 aliphatic carbocycles. The molecular weight excluding hydrogens is 182 g/mol. The molecule has 0 spiro atoms. The summed E-state index contributed by atoms with van der Waals surface area (Å²) in [5, 5.41) is 3.19. The van der Waals surface area contributed by atoms with E-state index >= 15 is 0 Å². The van der Waals surface area contributed by atoms with Crippen LogP contribution < -0.4 is 10.1 Å². The van der Waals surface area contributed by atoms with Crippen molar-refractivity contribution in [3.63, 3.8) is 0 Å². The fraction of sp³-hybridized carbons (Fsp3) is 0.556. The second-order valence-electron chi connectivity index (χ2n) is 3.15. The summed E-state index contributed by atoms with van der Waals surface area (Å²) in [5.74, 6) is 1.29. The van der Waals surface area contributed by atoms with Gasteiger partial charge in [0.05, 0.1) is 32.2 Å². The minimum atomic E-state index is 0.336. The van der Waals surface area contributed by atoms with Crippen LogP contribution in [0.25, 0.3) is 0 Å². The van der Waals surface area contributed by atoms with Gasteiger partial charge in [-0.05, 0) is 6.42 Å². The highest BCUT2D eigenvalue weighted by Crippen LogP contribution is 2.11. The average molecular weight is 195 g/mol. The Kier molecular flexibility index (Phi) is 2.78. The van der Waals surface area contributed by atoms with E-state index in [0.717, 1.165) is 19.6 Å². The molecule has 1 aliphatic rings.